The number of benzene rings is 1. The fraction of sp³-hybridized carbons (Fsp3) is 0.250. The third kappa shape index (κ3) is 4.11. The monoisotopic (exact) mass is 530 g/mol. The van der Waals surface area contributed by atoms with Crippen LogP contribution in [0.1, 0.15) is 30.9 Å². The fourth-order valence-corrected chi connectivity index (χ4v) is 5.55. The smallest absolute Gasteiger partial charge is 0.275 e. The molecule has 1 aromatic carbocycles. The molecule has 0 aliphatic heterocycles. The van der Waals surface area contributed by atoms with Gasteiger partial charge >= 0.3 is 6.18 Å². The van der Waals surface area contributed by atoms with E-state index in [0.717, 1.165) is 12.3 Å². The molecule has 0 saturated heterocycles. The zero-order valence-electron chi connectivity index (χ0n) is 19.2. The second-order valence-electron chi connectivity index (χ2n) is 8.60. The molecular weight excluding hydrogens is 512 g/mol. The van der Waals surface area contributed by atoms with E-state index in [-0.39, 0.29) is 41.1 Å². The SMILES string of the molecule is CCc1cc2c(cc1F)c(C#N)c(-c1ccc(S(=O)(=O)NC3(C(F)(F)F)CC3)cn1)n2-c1ncccn1. The summed E-state index contributed by atoms with van der Waals surface area (Å²) >= 11 is 0. The number of pyridine rings is 1. The average Bonchev–Trinajstić information content (AvgIpc) is 3.58. The Hall–Kier alpha value is -3.89. The number of aromatic nitrogens is 4. The van der Waals surface area contributed by atoms with Gasteiger partial charge in [-0.25, -0.2) is 22.8 Å². The first-order valence-electron chi connectivity index (χ1n) is 11.1. The van der Waals surface area contributed by atoms with Crippen molar-refractivity contribution in [3.8, 4) is 23.4 Å². The van der Waals surface area contributed by atoms with E-state index >= 15 is 0 Å². The van der Waals surface area contributed by atoms with E-state index < -0.39 is 32.5 Å². The minimum atomic E-state index is -4.72. The number of fused-ring (bicyclic) bond motifs is 1. The van der Waals surface area contributed by atoms with Crippen molar-refractivity contribution in [2.75, 3.05) is 0 Å². The zero-order valence-corrected chi connectivity index (χ0v) is 20.0. The Balaban J connectivity index is 1.66. The van der Waals surface area contributed by atoms with Gasteiger partial charge in [-0.15, -0.1) is 0 Å². The largest absolute Gasteiger partial charge is 0.407 e. The van der Waals surface area contributed by atoms with Gasteiger partial charge in [0, 0.05) is 24.0 Å². The van der Waals surface area contributed by atoms with Crippen LogP contribution in [0.4, 0.5) is 17.6 Å². The Morgan fingerprint density at radius 1 is 1.16 bits per heavy atom. The lowest BCUT2D eigenvalue weighted by atomic mass is 10.1. The molecule has 3 aromatic heterocycles. The van der Waals surface area contributed by atoms with Gasteiger partial charge in [-0.1, -0.05) is 6.92 Å². The van der Waals surface area contributed by atoms with Crippen LogP contribution in [0.15, 0.2) is 53.8 Å². The minimum Gasteiger partial charge on any atom is -0.275 e. The number of sulfonamides is 1. The number of nitriles is 1. The lowest BCUT2D eigenvalue weighted by molar-refractivity contribution is -0.160. The van der Waals surface area contributed by atoms with Crippen molar-refractivity contribution < 1.29 is 26.0 Å². The van der Waals surface area contributed by atoms with Gasteiger partial charge in [0.05, 0.1) is 22.5 Å². The van der Waals surface area contributed by atoms with E-state index in [4.69, 9.17) is 0 Å². The van der Waals surface area contributed by atoms with E-state index in [9.17, 15) is 31.2 Å². The van der Waals surface area contributed by atoms with Crippen LogP contribution in [0, 0.1) is 17.1 Å². The molecule has 37 heavy (non-hydrogen) atoms. The second kappa shape index (κ2) is 8.60. The van der Waals surface area contributed by atoms with Crippen molar-refractivity contribution >= 4 is 20.9 Å². The van der Waals surface area contributed by atoms with Gasteiger partial charge in [-0.3, -0.25) is 9.55 Å². The lowest BCUT2D eigenvalue weighted by Gasteiger charge is -2.20. The molecule has 1 aliphatic rings. The normalized spacial score (nSPS) is 15.0. The Morgan fingerprint density at radius 3 is 2.41 bits per heavy atom. The van der Waals surface area contributed by atoms with Gasteiger partial charge < -0.3 is 0 Å². The van der Waals surface area contributed by atoms with Crippen molar-refractivity contribution in [3.63, 3.8) is 0 Å². The van der Waals surface area contributed by atoms with Crippen LogP contribution < -0.4 is 4.72 Å². The molecule has 0 unspecified atom stereocenters. The molecule has 1 N–H and O–H groups in total. The van der Waals surface area contributed by atoms with Gasteiger partial charge in [0.1, 0.15) is 22.3 Å². The maximum atomic E-state index is 14.7. The topological polar surface area (TPSA) is 114 Å². The quantitative estimate of drug-likeness (QED) is 0.369. The average molecular weight is 531 g/mol. The molecule has 0 spiro atoms. The summed E-state index contributed by atoms with van der Waals surface area (Å²) in [4.78, 5) is 12.2. The Labute approximate surface area is 208 Å². The van der Waals surface area contributed by atoms with Crippen LogP contribution in [-0.2, 0) is 16.4 Å². The van der Waals surface area contributed by atoms with Gasteiger partial charge in [0.15, 0.2) is 0 Å². The predicted molar refractivity (Wildman–Crippen MR) is 124 cm³/mol. The number of hydrogen-bond donors (Lipinski definition) is 1. The molecule has 13 heteroatoms. The number of halogens is 4. The van der Waals surface area contributed by atoms with Crippen LogP contribution in [-0.4, -0.2) is 39.7 Å². The highest BCUT2D eigenvalue weighted by Gasteiger charge is 2.65. The molecule has 8 nitrogen and oxygen atoms in total. The molecule has 5 rings (SSSR count). The molecule has 190 valence electrons. The van der Waals surface area contributed by atoms with Crippen molar-refractivity contribution in [2.24, 2.45) is 0 Å². The van der Waals surface area contributed by atoms with Crippen LogP contribution in [0.3, 0.4) is 0 Å². The summed E-state index contributed by atoms with van der Waals surface area (Å²) in [5, 5.41) is 10.3. The summed E-state index contributed by atoms with van der Waals surface area (Å²) in [6, 6.07) is 8.84. The predicted octanol–water partition coefficient (Wildman–Crippen LogP) is 4.43. The molecule has 1 aliphatic carbocycles. The Kier molecular flexibility index (Phi) is 5.76. The van der Waals surface area contributed by atoms with Crippen LogP contribution >= 0.6 is 0 Å². The van der Waals surface area contributed by atoms with E-state index in [0.29, 0.717) is 17.5 Å². The highest BCUT2D eigenvalue weighted by Crippen LogP contribution is 2.49. The van der Waals surface area contributed by atoms with Gasteiger partial charge in [0.25, 0.3) is 0 Å². The number of nitrogens with zero attached hydrogens (tertiary/aromatic N) is 5. The second-order valence-corrected chi connectivity index (χ2v) is 10.3. The molecule has 0 radical (unpaired) electrons. The van der Waals surface area contributed by atoms with Gasteiger partial charge in [-0.2, -0.15) is 23.2 Å². The van der Waals surface area contributed by atoms with E-state index in [1.807, 2.05) is 0 Å². The Bertz CT molecular complexity index is 1660. The molecule has 1 fully saturated rings. The standard InChI is InChI=1S/C24H18F4N6O2S/c1-2-14-10-20-16(11-18(14)25)17(12-29)21(34(20)22-30-8-3-9-31-22)19-5-4-15(13-32-19)37(35,36)33-23(6-7-23)24(26,27)28/h3-5,8-11,13,33H,2,6-7H2,1H3. The Morgan fingerprint density at radius 2 is 1.86 bits per heavy atom. The van der Waals surface area contributed by atoms with Gasteiger partial charge in [-0.05, 0) is 55.2 Å². The molecular formula is C24H18F4N6O2S. The number of hydrogen-bond acceptors (Lipinski definition) is 6. The molecule has 0 bridgehead atoms. The maximum absolute atomic E-state index is 14.7. The van der Waals surface area contributed by atoms with Crippen molar-refractivity contribution in [2.45, 2.75) is 42.8 Å². The summed E-state index contributed by atoms with van der Waals surface area (Å²) in [5.41, 5.74) is -1.28. The lowest BCUT2D eigenvalue weighted by Crippen LogP contribution is -2.47. The molecule has 1 saturated carbocycles. The molecule has 4 aromatic rings. The van der Waals surface area contributed by atoms with Crippen molar-refractivity contribution in [1.82, 2.24) is 24.2 Å². The first kappa shape index (κ1) is 24.8. The summed E-state index contributed by atoms with van der Waals surface area (Å²) < 4.78 is 83.1. The number of alkyl halides is 3. The van der Waals surface area contributed by atoms with Crippen molar-refractivity contribution in [3.05, 3.63) is 65.9 Å². The summed E-state index contributed by atoms with van der Waals surface area (Å²) in [5.74, 6) is -0.331. The first-order valence-corrected chi connectivity index (χ1v) is 12.6. The molecule has 3 heterocycles. The molecule has 0 amide bonds. The highest BCUT2D eigenvalue weighted by atomic mass is 32.2. The zero-order chi connectivity index (χ0) is 26.6. The number of nitrogens with one attached hydrogen (secondary N) is 1. The van der Waals surface area contributed by atoms with E-state index in [1.54, 1.807) is 23.8 Å². The maximum Gasteiger partial charge on any atom is 0.407 e. The van der Waals surface area contributed by atoms with Crippen LogP contribution in [0.5, 0.6) is 0 Å². The summed E-state index contributed by atoms with van der Waals surface area (Å²) in [6.45, 7) is 1.78. The fourth-order valence-electron chi connectivity index (χ4n) is 4.16. The van der Waals surface area contributed by atoms with E-state index in [1.165, 1.54) is 29.1 Å². The minimum absolute atomic E-state index is 0.0549. The van der Waals surface area contributed by atoms with Crippen LogP contribution in [0.25, 0.3) is 28.2 Å². The summed E-state index contributed by atoms with van der Waals surface area (Å²) in [6.07, 6.45) is -1.15. The first-order chi connectivity index (χ1) is 17.5. The van der Waals surface area contributed by atoms with Crippen LogP contribution in [0.2, 0.25) is 0 Å². The molecule has 0 atom stereocenters. The van der Waals surface area contributed by atoms with Crippen molar-refractivity contribution in [1.29, 1.82) is 5.26 Å². The number of aryl methyl sites for hydroxylation is 1. The van der Waals surface area contributed by atoms with Gasteiger partial charge in [0.2, 0.25) is 16.0 Å². The number of rotatable bonds is 6. The third-order valence-electron chi connectivity index (χ3n) is 6.29. The third-order valence-corrected chi connectivity index (χ3v) is 7.81. The summed E-state index contributed by atoms with van der Waals surface area (Å²) in [7, 11) is -4.53. The van der Waals surface area contributed by atoms with E-state index in [2.05, 4.69) is 21.0 Å². The highest BCUT2D eigenvalue weighted by molar-refractivity contribution is 7.89.